The van der Waals surface area contributed by atoms with Crippen LogP contribution in [0.3, 0.4) is 0 Å². The van der Waals surface area contributed by atoms with Crippen LogP contribution in [0.15, 0.2) is 63.6 Å². The number of rotatable bonds is 6. The summed E-state index contributed by atoms with van der Waals surface area (Å²) in [5.41, 5.74) is 0.519. The van der Waals surface area contributed by atoms with Crippen LogP contribution in [0, 0.1) is 5.82 Å². The van der Waals surface area contributed by atoms with Crippen molar-refractivity contribution >= 4 is 23.2 Å². The van der Waals surface area contributed by atoms with E-state index < -0.39 is 0 Å². The Bertz CT molecular complexity index is 960. The first-order chi connectivity index (χ1) is 12.6. The maximum absolute atomic E-state index is 13.8. The normalized spacial score (nSPS) is 11.5. The van der Waals surface area contributed by atoms with Crippen LogP contribution in [0.5, 0.6) is 0 Å². The van der Waals surface area contributed by atoms with Gasteiger partial charge in [-0.3, -0.25) is 9.59 Å². The van der Waals surface area contributed by atoms with Gasteiger partial charge in [0.2, 0.25) is 5.91 Å². The van der Waals surface area contributed by atoms with Gasteiger partial charge < -0.3 is 14.3 Å². The molecule has 134 valence electrons. The van der Waals surface area contributed by atoms with Gasteiger partial charge in [0.1, 0.15) is 5.82 Å². The minimum Gasteiger partial charge on any atom is -0.459 e. The number of furan rings is 1. The van der Waals surface area contributed by atoms with Crippen LogP contribution in [0.1, 0.15) is 22.5 Å². The Kier molecular flexibility index (Phi) is 5.75. The zero-order valence-corrected chi connectivity index (χ0v) is 14.5. The van der Waals surface area contributed by atoms with E-state index in [1.54, 1.807) is 46.5 Å². The quantitative estimate of drug-likeness (QED) is 0.721. The summed E-state index contributed by atoms with van der Waals surface area (Å²) in [6, 6.07) is 9.62. The second-order valence-corrected chi connectivity index (χ2v) is 6.27. The van der Waals surface area contributed by atoms with Crippen molar-refractivity contribution in [1.82, 2.24) is 9.88 Å². The van der Waals surface area contributed by atoms with Crippen LogP contribution in [-0.4, -0.2) is 22.9 Å². The standard InChI is InChI=1S/C18H16FN3O3S/c19-14-5-2-1-4-13(14)12-22-9-11-26-18(22)21-16(23)7-8-20-17(24)15-6-3-10-25-15/h1-6,9-11H,7-8,12H2,(H,20,24). The highest BCUT2D eigenvalue weighted by atomic mass is 32.1. The lowest BCUT2D eigenvalue weighted by atomic mass is 10.2. The molecule has 8 heteroatoms. The van der Waals surface area contributed by atoms with Gasteiger partial charge in [-0.2, -0.15) is 4.99 Å². The molecule has 0 saturated heterocycles. The highest BCUT2D eigenvalue weighted by Crippen LogP contribution is 2.08. The molecule has 0 bridgehead atoms. The smallest absolute Gasteiger partial charge is 0.286 e. The Balaban J connectivity index is 1.60. The molecule has 0 aliphatic heterocycles. The van der Waals surface area contributed by atoms with Crippen molar-refractivity contribution < 1.29 is 18.4 Å². The molecule has 0 saturated carbocycles. The average Bonchev–Trinajstić information content (AvgIpc) is 3.29. The van der Waals surface area contributed by atoms with E-state index in [2.05, 4.69) is 10.3 Å². The second-order valence-electron chi connectivity index (χ2n) is 5.39. The van der Waals surface area contributed by atoms with Crippen LogP contribution in [0.2, 0.25) is 0 Å². The SMILES string of the molecule is O=C(CCNC(=O)c1ccco1)N=c1sccn1Cc1ccccc1F. The summed E-state index contributed by atoms with van der Waals surface area (Å²) in [5.74, 6) is -0.859. The number of hydrogen-bond acceptors (Lipinski definition) is 4. The van der Waals surface area contributed by atoms with Crippen molar-refractivity contribution in [3.8, 4) is 0 Å². The zero-order chi connectivity index (χ0) is 18.4. The number of halogens is 1. The van der Waals surface area contributed by atoms with E-state index >= 15 is 0 Å². The predicted molar refractivity (Wildman–Crippen MR) is 94.0 cm³/mol. The molecule has 0 spiro atoms. The molecule has 2 amide bonds. The third-order valence-electron chi connectivity index (χ3n) is 3.55. The Labute approximate surface area is 152 Å². The molecule has 3 rings (SSSR count). The van der Waals surface area contributed by atoms with E-state index in [0.717, 1.165) is 0 Å². The van der Waals surface area contributed by atoms with Crippen LogP contribution < -0.4 is 10.1 Å². The molecule has 0 aliphatic rings. The molecule has 0 atom stereocenters. The Morgan fingerprint density at radius 2 is 2.08 bits per heavy atom. The monoisotopic (exact) mass is 373 g/mol. The van der Waals surface area contributed by atoms with Gasteiger partial charge in [0, 0.05) is 30.1 Å². The molecule has 3 aromatic rings. The third-order valence-corrected chi connectivity index (χ3v) is 4.34. The average molecular weight is 373 g/mol. The third kappa shape index (κ3) is 4.54. The van der Waals surface area contributed by atoms with Crippen molar-refractivity contribution in [2.75, 3.05) is 6.54 Å². The summed E-state index contributed by atoms with van der Waals surface area (Å²) >= 11 is 1.29. The maximum Gasteiger partial charge on any atom is 0.286 e. The molecule has 0 radical (unpaired) electrons. The van der Waals surface area contributed by atoms with Gasteiger partial charge in [0.25, 0.3) is 5.91 Å². The Morgan fingerprint density at radius 1 is 1.23 bits per heavy atom. The number of benzene rings is 1. The van der Waals surface area contributed by atoms with Crippen molar-refractivity contribution in [2.24, 2.45) is 4.99 Å². The lowest BCUT2D eigenvalue weighted by molar-refractivity contribution is -0.117. The molecular weight excluding hydrogens is 357 g/mol. The minimum absolute atomic E-state index is 0.0596. The van der Waals surface area contributed by atoms with E-state index in [-0.39, 0.29) is 42.9 Å². The Hall–Kier alpha value is -3.00. The number of hydrogen-bond donors (Lipinski definition) is 1. The van der Waals surface area contributed by atoms with Crippen molar-refractivity contribution in [2.45, 2.75) is 13.0 Å². The molecule has 0 unspecified atom stereocenters. The molecule has 2 heterocycles. The fourth-order valence-corrected chi connectivity index (χ4v) is 3.00. The maximum atomic E-state index is 13.8. The molecule has 1 aromatic carbocycles. The van der Waals surface area contributed by atoms with Gasteiger partial charge in [-0.15, -0.1) is 11.3 Å². The van der Waals surface area contributed by atoms with Crippen LogP contribution in [-0.2, 0) is 11.3 Å². The van der Waals surface area contributed by atoms with Crippen molar-refractivity contribution in [3.63, 3.8) is 0 Å². The van der Waals surface area contributed by atoms with E-state index in [1.165, 1.54) is 23.7 Å². The first-order valence-corrected chi connectivity index (χ1v) is 8.78. The molecule has 26 heavy (non-hydrogen) atoms. The minimum atomic E-state index is -0.381. The second kappa shape index (κ2) is 8.39. The van der Waals surface area contributed by atoms with Gasteiger partial charge in [-0.25, -0.2) is 4.39 Å². The van der Waals surface area contributed by atoms with E-state index in [0.29, 0.717) is 10.4 Å². The molecule has 0 fully saturated rings. The molecule has 2 aromatic heterocycles. The number of nitrogens with zero attached hydrogens (tertiary/aromatic N) is 2. The predicted octanol–water partition coefficient (Wildman–Crippen LogP) is 2.58. The molecular formula is C18H16FN3O3S. The molecule has 1 N–H and O–H groups in total. The zero-order valence-electron chi connectivity index (χ0n) is 13.7. The summed E-state index contributed by atoms with van der Waals surface area (Å²) < 4.78 is 20.5. The topological polar surface area (TPSA) is 76.6 Å². The van der Waals surface area contributed by atoms with Crippen LogP contribution in [0.25, 0.3) is 0 Å². The lowest BCUT2D eigenvalue weighted by Crippen LogP contribution is -2.26. The summed E-state index contributed by atoms with van der Waals surface area (Å²) in [7, 11) is 0. The molecule has 0 aliphatic carbocycles. The van der Waals surface area contributed by atoms with Gasteiger partial charge in [0.15, 0.2) is 10.6 Å². The first kappa shape index (κ1) is 17.8. The van der Waals surface area contributed by atoms with E-state index in [4.69, 9.17) is 4.42 Å². The number of aromatic nitrogens is 1. The lowest BCUT2D eigenvalue weighted by Gasteiger charge is -2.04. The van der Waals surface area contributed by atoms with Crippen molar-refractivity contribution in [1.29, 1.82) is 0 Å². The summed E-state index contributed by atoms with van der Waals surface area (Å²) in [6.45, 7) is 0.443. The Morgan fingerprint density at radius 3 is 2.85 bits per heavy atom. The first-order valence-electron chi connectivity index (χ1n) is 7.90. The summed E-state index contributed by atoms with van der Waals surface area (Å²) in [5, 5.41) is 4.37. The highest BCUT2D eigenvalue weighted by molar-refractivity contribution is 7.07. The van der Waals surface area contributed by atoms with E-state index in [9.17, 15) is 14.0 Å². The summed E-state index contributed by atoms with van der Waals surface area (Å²) in [6.07, 6.45) is 3.21. The van der Waals surface area contributed by atoms with E-state index in [1.807, 2.05) is 0 Å². The number of thiazole rings is 1. The van der Waals surface area contributed by atoms with Gasteiger partial charge >= 0.3 is 0 Å². The number of nitrogens with one attached hydrogen (secondary N) is 1. The number of carbonyl (C=O) groups excluding carboxylic acids is 2. The van der Waals surface area contributed by atoms with Crippen molar-refractivity contribution in [3.05, 3.63) is 76.2 Å². The number of carbonyl (C=O) groups is 2. The fourth-order valence-electron chi connectivity index (χ4n) is 2.26. The van der Waals surface area contributed by atoms with Gasteiger partial charge in [-0.05, 0) is 18.2 Å². The van der Waals surface area contributed by atoms with Crippen LogP contribution in [0.4, 0.5) is 4.39 Å². The largest absolute Gasteiger partial charge is 0.459 e. The number of amides is 2. The highest BCUT2D eigenvalue weighted by Gasteiger charge is 2.09. The van der Waals surface area contributed by atoms with Crippen LogP contribution >= 0.6 is 11.3 Å². The summed E-state index contributed by atoms with van der Waals surface area (Å²) in [4.78, 5) is 28.3. The molecule has 6 nitrogen and oxygen atoms in total. The fraction of sp³-hybridized carbons (Fsp3) is 0.167. The van der Waals surface area contributed by atoms with Gasteiger partial charge in [0.05, 0.1) is 12.8 Å². The van der Waals surface area contributed by atoms with Gasteiger partial charge in [-0.1, -0.05) is 18.2 Å².